The topological polar surface area (TPSA) is 38.0 Å². The molecule has 0 aliphatic rings. The molecule has 0 amide bonds. The zero-order valence-electron chi connectivity index (χ0n) is 10.3. The van der Waals surface area contributed by atoms with Gasteiger partial charge in [-0.3, -0.25) is 0 Å². The Kier molecular flexibility index (Phi) is 3.45. The van der Waals surface area contributed by atoms with Gasteiger partial charge in [0.1, 0.15) is 0 Å². The van der Waals surface area contributed by atoms with Crippen molar-refractivity contribution in [2.24, 2.45) is 0 Å². The first-order valence-corrected chi connectivity index (χ1v) is 5.80. The van der Waals surface area contributed by atoms with Gasteiger partial charge in [-0.25, -0.2) is 0 Å². The van der Waals surface area contributed by atoms with E-state index in [-0.39, 0.29) is 6.04 Å². The molecule has 0 heterocycles. The Bertz CT molecular complexity index is 489. The number of nitrogens with one attached hydrogen (secondary N) is 1. The van der Waals surface area contributed by atoms with Gasteiger partial charge in [0.15, 0.2) is 0 Å². The van der Waals surface area contributed by atoms with Crippen LogP contribution in [0, 0.1) is 6.92 Å². The van der Waals surface area contributed by atoms with Crippen LogP contribution >= 0.6 is 0 Å². The SMILES string of the molecule is CNC(c1ccc(N)cc1)c1ccccc1C. The largest absolute Gasteiger partial charge is 0.399 e. The summed E-state index contributed by atoms with van der Waals surface area (Å²) in [6.07, 6.45) is 0. The molecule has 17 heavy (non-hydrogen) atoms. The molecule has 2 aromatic rings. The molecule has 0 saturated carbocycles. The van der Waals surface area contributed by atoms with E-state index in [2.05, 4.69) is 48.6 Å². The monoisotopic (exact) mass is 226 g/mol. The van der Waals surface area contributed by atoms with Gasteiger partial charge in [-0.1, -0.05) is 36.4 Å². The van der Waals surface area contributed by atoms with Gasteiger partial charge in [0, 0.05) is 5.69 Å². The average Bonchev–Trinajstić information content (AvgIpc) is 2.35. The van der Waals surface area contributed by atoms with Crippen LogP contribution < -0.4 is 11.1 Å². The first-order valence-electron chi connectivity index (χ1n) is 5.80. The molecular weight excluding hydrogens is 208 g/mol. The molecular formula is C15H18N2. The fraction of sp³-hybridized carbons (Fsp3) is 0.200. The van der Waals surface area contributed by atoms with Gasteiger partial charge >= 0.3 is 0 Å². The van der Waals surface area contributed by atoms with Crippen LogP contribution in [0.5, 0.6) is 0 Å². The number of hydrogen-bond donors (Lipinski definition) is 2. The third-order valence-electron chi connectivity index (χ3n) is 3.06. The first-order chi connectivity index (χ1) is 8.22. The lowest BCUT2D eigenvalue weighted by atomic mass is 9.95. The molecule has 2 nitrogen and oxygen atoms in total. The summed E-state index contributed by atoms with van der Waals surface area (Å²) in [5.41, 5.74) is 10.3. The van der Waals surface area contributed by atoms with Crippen molar-refractivity contribution >= 4 is 5.69 Å². The molecule has 0 spiro atoms. The normalized spacial score (nSPS) is 12.4. The van der Waals surface area contributed by atoms with Gasteiger partial charge in [-0.05, 0) is 42.8 Å². The number of anilines is 1. The minimum Gasteiger partial charge on any atom is -0.399 e. The van der Waals surface area contributed by atoms with E-state index in [9.17, 15) is 0 Å². The minimum absolute atomic E-state index is 0.219. The standard InChI is InChI=1S/C15H18N2/c1-11-5-3-4-6-14(11)15(17-2)12-7-9-13(16)10-8-12/h3-10,15,17H,16H2,1-2H3. The van der Waals surface area contributed by atoms with Crippen LogP contribution in [0.3, 0.4) is 0 Å². The number of aryl methyl sites for hydroxylation is 1. The number of nitrogens with two attached hydrogens (primary N) is 1. The van der Waals surface area contributed by atoms with E-state index in [1.807, 2.05) is 19.2 Å². The van der Waals surface area contributed by atoms with Crippen LogP contribution in [-0.2, 0) is 0 Å². The van der Waals surface area contributed by atoms with Gasteiger partial charge in [0.05, 0.1) is 6.04 Å². The molecule has 1 atom stereocenters. The molecule has 2 aromatic carbocycles. The Hall–Kier alpha value is -1.80. The molecule has 88 valence electrons. The Morgan fingerprint density at radius 3 is 2.24 bits per heavy atom. The second-order valence-corrected chi connectivity index (χ2v) is 4.24. The first kappa shape index (κ1) is 11.7. The summed E-state index contributed by atoms with van der Waals surface area (Å²) in [6.45, 7) is 2.14. The molecule has 3 N–H and O–H groups in total. The summed E-state index contributed by atoms with van der Waals surface area (Å²) < 4.78 is 0. The predicted octanol–water partition coefficient (Wildman–Crippen LogP) is 2.89. The van der Waals surface area contributed by atoms with E-state index in [0.29, 0.717) is 0 Å². The summed E-state index contributed by atoms with van der Waals surface area (Å²) in [6, 6.07) is 16.7. The highest BCUT2D eigenvalue weighted by atomic mass is 14.9. The number of hydrogen-bond acceptors (Lipinski definition) is 2. The van der Waals surface area contributed by atoms with Crippen molar-refractivity contribution in [1.29, 1.82) is 0 Å². The zero-order valence-corrected chi connectivity index (χ0v) is 10.3. The summed E-state index contributed by atoms with van der Waals surface area (Å²) >= 11 is 0. The fourth-order valence-corrected chi connectivity index (χ4v) is 2.10. The van der Waals surface area contributed by atoms with Crippen molar-refractivity contribution in [3.8, 4) is 0 Å². The van der Waals surface area contributed by atoms with Gasteiger partial charge in [0.2, 0.25) is 0 Å². The summed E-state index contributed by atoms with van der Waals surface area (Å²) in [7, 11) is 1.98. The maximum Gasteiger partial charge on any atom is 0.0576 e. The highest BCUT2D eigenvalue weighted by Gasteiger charge is 2.13. The summed E-state index contributed by atoms with van der Waals surface area (Å²) in [4.78, 5) is 0. The molecule has 0 fully saturated rings. The van der Waals surface area contributed by atoms with Crippen LogP contribution in [0.2, 0.25) is 0 Å². The lowest BCUT2D eigenvalue weighted by Gasteiger charge is -2.19. The smallest absolute Gasteiger partial charge is 0.0576 e. The lowest BCUT2D eigenvalue weighted by Crippen LogP contribution is -2.18. The van der Waals surface area contributed by atoms with Crippen molar-refractivity contribution in [2.75, 3.05) is 12.8 Å². The van der Waals surface area contributed by atoms with Gasteiger partial charge in [0.25, 0.3) is 0 Å². The van der Waals surface area contributed by atoms with Crippen molar-refractivity contribution in [3.05, 3.63) is 65.2 Å². The highest BCUT2D eigenvalue weighted by molar-refractivity contribution is 5.43. The second kappa shape index (κ2) is 5.02. The van der Waals surface area contributed by atoms with Crippen LogP contribution in [-0.4, -0.2) is 7.05 Å². The molecule has 1 unspecified atom stereocenters. The molecule has 2 rings (SSSR count). The molecule has 0 saturated heterocycles. The Morgan fingerprint density at radius 2 is 1.65 bits per heavy atom. The van der Waals surface area contributed by atoms with Gasteiger partial charge in [-0.2, -0.15) is 0 Å². The molecule has 0 aromatic heterocycles. The van der Waals surface area contributed by atoms with E-state index in [4.69, 9.17) is 5.73 Å². The minimum atomic E-state index is 0.219. The third-order valence-corrected chi connectivity index (χ3v) is 3.06. The van der Waals surface area contributed by atoms with Gasteiger partial charge in [-0.15, -0.1) is 0 Å². The maximum atomic E-state index is 5.72. The Morgan fingerprint density at radius 1 is 1.00 bits per heavy atom. The van der Waals surface area contributed by atoms with E-state index in [0.717, 1.165) is 5.69 Å². The Balaban J connectivity index is 2.40. The number of rotatable bonds is 3. The van der Waals surface area contributed by atoms with Crippen molar-refractivity contribution in [3.63, 3.8) is 0 Å². The maximum absolute atomic E-state index is 5.72. The average molecular weight is 226 g/mol. The molecule has 0 bridgehead atoms. The van der Waals surface area contributed by atoms with E-state index < -0.39 is 0 Å². The molecule has 0 aliphatic carbocycles. The third kappa shape index (κ3) is 2.48. The van der Waals surface area contributed by atoms with Gasteiger partial charge < -0.3 is 11.1 Å². The number of benzene rings is 2. The van der Waals surface area contributed by atoms with Crippen molar-refractivity contribution in [2.45, 2.75) is 13.0 Å². The Labute approximate surface area is 102 Å². The summed E-state index contributed by atoms with van der Waals surface area (Å²) in [5.74, 6) is 0. The van der Waals surface area contributed by atoms with E-state index >= 15 is 0 Å². The lowest BCUT2D eigenvalue weighted by molar-refractivity contribution is 0.688. The fourth-order valence-electron chi connectivity index (χ4n) is 2.10. The highest BCUT2D eigenvalue weighted by Crippen LogP contribution is 2.24. The van der Waals surface area contributed by atoms with Crippen LogP contribution in [0.1, 0.15) is 22.7 Å². The zero-order chi connectivity index (χ0) is 12.3. The van der Waals surface area contributed by atoms with Crippen molar-refractivity contribution in [1.82, 2.24) is 5.32 Å². The quantitative estimate of drug-likeness (QED) is 0.790. The van der Waals surface area contributed by atoms with Crippen LogP contribution in [0.4, 0.5) is 5.69 Å². The van der Waals surface area contributed by atoms with E-state index in [1.54, 1.807) is 0 Å². The molecule has 0 radical (unpaired) electrons. The number of nitrogen functional groups attached to an aromatic ring is 1. The summed E-state index contributed by atoms with van der Waals surface area (Å²) in [5, 5.41) is 3.35. The molecule has 2 heteroatoms. The molecule has 0 aliphatic heterocycles. The van der Waals surface area contributed by atoms with Crippen LogP contribution in [0.15, 0.2) is 48.5 Å². The van der Waals surface area contributed by atoms with E-state index in [1.165, 1.54) is 16.7 Å². The second-order valence-electron chi connectivity index (χ2n) is 4.24. The van der Waals surface area contributed by atoms with Crippen LogP contribution in [0.25, 0.3) is 0 Å². The predicted molar refractivity (Wildman–Crippen MR) is 72.9 cm³/mol. The van der Waals surface area contributed by atoms with Crippen molar-refractivity contribution < 1.29 is 0 Å².